The molecule has 3 rings (SSSR count). The van der Waals surface area contributed by atoms with Gasteiger partial charge >= 0.3 is 11.9 Å². The van der Waals surface area contributed by atoms with Crippen molar-refractivity contribution in [3.63, 3.8) is 0 Å². The second-order valence-electron chi connectivity index (χ2n) is 7.40. The lowest BCUT2D eigenvalue weighted by atomic mass is 10.1. The van der Waals surface area contributed by atoms with E-state index in [1.54, 1.807) is 12.3 Å². The summed E-state index contributed by atoms with van der Waals surface area (Å²) in [6.07, 6.45) is 1.45. The molecule has 0 unspecified atom stereocenters. The lowest BCUT2D eigenvalue weighted by molar-refractivity contribution is -0.115. The molecule has 0 atom stereocenters. The average Bonchev–Trinajstić information content (AvgIpc) is 3.41. The number of carbonyl (C=O) groups excluding carboxylic acids is 3. The number of esters is 2. The van der Waals surface area contributed by atoms with Gasteiger partial charge in [0.1, 0.15) is 12.3 Å². The van der Waals surface area contributed by atoms with Crippen LogP contribution in [0.3, 0.4) is 0 Å². The molecule has 0 saturated heterocycles. The van der Waals surface area contributed by atoms with E-state index in [0.29, 0.717) is 34.1 Å². The minimum absolute atomic E-state index is 0.0661. The van der Waals surface area contributed by atoms with Crippen molar-refractivity contribution in [1.29, 1.82) is 0 Å². The number of ether oxygens (including phenoxy) is 2. The topological polar surface area (TPSA) is 102 Å². The third-order valence-corrected chi connectivity index (χ3v) is 6.15. The first-order chi connectivity index (χ1) is 15.8. The molecule has 0 aliphatic rings. The Kier molecular flexibility index (Phi) is 7.65. The number of aromatic amines is 1. The van der Waals surface area contributed by atoms with Crippen molar-refractivity contribution in [2.45, 2.75) is 47.1 Å². The van der Waals surface area contributed by atoms with Crippen LogP contribution in [0.25, 0.3) is 0 Å². The Morgan fingerprint density at radius 3 is 2.36 bits per heavy atom. The average molecular weight is 470 g/mol. The molecule has 1 N–H and O–H groups in total. The van der Waals surface area contributed by atoms with E-state index in [1.807, 2.05) is 31.2 Å². The Labute approximate surface area is 196 Å². The van der Waals surface area contributed by atoms with Crippen LogP contribution >= 0.6 is 11.3 Å². The van der Waals surface area contributed by atoms with Gasteiger partial charge in [-0.05, 0) is 43.0 Å². The second-order valence-corrected chi connectivity index (χ2v) is 8.23. The van der Waals surface area contributed by atoms with E-state index < -0.39 is 11.9 Å². The number of hydrogen-bond donors (Lipinski definition) is 1. The second kappa shape index (κ2) is 10.4. The number of anilines is 2. The number of H-pyrrole nitrogens is 1. The summed E-state index contributed by atoms with van der Waals surface area (Å²) in [6, 6.07) is 7.74. The zero-order valence-electron chi connectivity index (χ0n) is 19.4. The van der Waals surface area contributed by atoms with Crippen LogP contribution in [0.15, 0.2) is 29.6 Å². The predicted octanol–water partition coefficient (Wildman–Crippen LogP) is 4.73. The number of hydrogen-bond acceptors (Lipinski definition) is 7. The lowest BCUT2D eigenvalue weighted by Crippen LogP contribution is -2.22. The van der Waals surface area contributed by atoms with E-state index in [4.69, 9.17) is 9.47 Å². The monoisotopic (exact) mass is 469 g/mol. The number of methoxy groups -OCH3 is 1. The van der Waals surface area contributed by atoms with Crippen LogP contribution in [0.5, 0.6) is 0 Å². The van der Waals surface area contributed by atoms with Gasteiger partial charge in [0.25, 0.3) is 0 Å². The van der Waals surface area contributed by atoms with Gasteiger partial charge < -0.3 is 14.5 Å². The fraction of sp³-hybridized carbons (Fsp3) is 0.333. The molecule has 0 aliphatic carbocycles. The molecule has 174 valence electrons. The molecule has 8 nitrogen and oxygen atoms in total. The zero-order chi connectivity index (χ0) is 24.1. The highest BCUT2D eigenvalue weighted by Gasteiger charge is 2.25. The van der Waals surface area contributed by atoms with Gasteiger partial charge in [0, 0.05) is 18.0 Å². The van der Waals surface area contributed by atoms with E-state index in [9.17, 15) is 14.4 Å². The standard InChI is InChI=1S/C24H27N3O5S/c1-6-16-8-10-18(11-9-16)27(15(4)28)24-25-17(13-33-24)12-32-23(30)21-14(3)20(22(29)31-5)19(7-2)26-21/h8-11,13,26H,6-7,12H2,1-5H3. The highest BCUT2D eigenvalue weighted by atomic mass is 32.1. The highest BCUT2D eigenvalue weighted by Crippen LogP contribution is 2.29. The summed E-state index contributed by atoms with van der Waals surface area (Å²) < 4.78 is 10.3. The van der Waals surface area contributed by atoms with Crippen LogP contribution in [-0.2, 0) is 33.7 Å². The van der Waals surface area contributed by atoms with Crippen LogP contribution in [0.1, 0.15) is 64.1 Å². The van der Waals surface area contributed by atoms with E-state index in [0.717, 1.165) is 12.1 Å². The lowest BCUT2D eigenvalue weighted by Gasteiger charge is -2.18. The molecule has 33 heavy (non-hydrogen) atoms. The SMILES string of the molecule is CCc1ccc(N(C(C)=O)c2nc(COC(=O)c3[nH]c(CC)c(C(=O)OC)c3C)cs2)cc1. The van der Waals surface area contributed by atoms with Crippen molar-refractivity contribution < 1.29 is 23.9 Å². The molecule has 0 radical (unpaired) electrons. The zero-order valence-corrected chi connectivity index (χ0v) is 20.2. The smallest absolute Gasteiger partial charge is 0.355 e. The first-order valence-electron chi connectivity index (χ1n) is 10.6. The van der Waals surface area contributed by atoms with E-state index in [-0.39, 0.29) is 18.2 Å². The van der Waals surface area contributed by atoms with Crippen molar-refractivity contribution in [2.24, 2.45) is 0 Å². The summed E-state index contributed by atoms with van der Waals surface area (Å²) in [5.74, 6) is -1.26. The number of aryl methyl sites for hydroxylation is 2. The number of nitrogens with zero attached hydrogens (tertiary/aromatic N) is 2. The molecule has 2 heterocycles. The minimum atomic E-state index is -0.592. The fourth-order valence-corrected chi connectivity index (χ4v) is 4.36. The van der Waals surface area contributed by atoms with Gasteiger partial charge in [0.2, 0.25) is 5.91 Å². The number of benzene rings is 1. The van der Waals surface area contributed by atoms with Crippen LogP contribution in [0.4, 0.5) is 10.8 Å². The maximum absolute atomic E-state index is 12.7. The van der Waals surface area contributed by atoms with E-state index in [2.05, 4.69) is 16.9 Å². The molecule has 1 amide bonds. The number of aromatic nitrogens is 2. The summed E-state index contributed by atoms with van der Waals surface area (Å²) in [6.45, 7) is 7.03. The number of nitrogens with one attached hydrogen (secondary N) is 1. The van der Waals surface area contributed by atoms with Gasteiger partial charge in [0.15, 0.2) is 5.13 Å². The van der Waals surface area contributed by atoms with Gasteiger partial charge in [-0.15, -0.1) is 11.3 Å². The predicted molar refractivity (Wildman–Crippen MR) is 126 cm³/mol. The Bertz CT molecular complexity index is 1160. The van der Waals surface area contributed by atoms with E-state index >= 15 is 0 Å². The Hall–Kier alpha value is -3.46. The van der Waals surface area contributed by atoms with Gasteiger partial charge in [-0.2, -0.15) is 0 Å². The maximum atomic E-state index is 12.7. The largest absolute Gasteiger partial charge is 0.465 e. The molecule has 0 saturated carbocycles. The van der Waals surface area contributed by atoms with Crippen LogP contribution < -0.4 is 4.90 Å². The summed E-state index contributed by atoms with van der Waals surface area (Å²) in [5.41, 5.74) is 4.10. The quantitative estimate of drug-likeness (QED) is 0.479. The van der Waals surface area contributed by atoms with Crippen molar-refractivity contribution in [2.75, 3.05) is 12.0 Å². The Morgan fingerprint density at radius 1 is 1.09 bits per heavy atom. The maximum Gasteiger partial charge on any atom is 0.355 e. The Balaban J connectivity index is 1.75. The Morgan fingerprint density at radius 2 is 1.79 bits per heavy atom. The molecule has 0 spiro atoms. The number of carbonyl (C=O) groups is 3. The van der Waals surface area contributed by atoms with Crippen molar-refractivity contribution >= 4 is 40.0 Å². The van der Waals surface area contributed by atoms with Gasteiger partial charge in [-0.25, -0.2) is 14.6 Å². The van der Waals surface area contributed by atoms with Crippen LogP contribution in [-0.4, -0.2) is 34.9 Å². The van der Waals surface area contributed by atoms with Gasteiger partial charge in [-0.3, -0.25) is 9.69 Å². The van der Waals surface area contributed by atoms with Crippen LogP contribution in [0.2, 0.25) is 0 Å². The van der Waals surface area contributed by atoms with Gasteiger partial charge in [-0.1, -0.05) is 26.0 Å². The minimum Gasteiger partial charge on any atom is -0.465 e. The first-order valence-corrected chi connectivity index (χ1v) is 11.5. The summed E-state index contributed by atoms with van der Waals surface area (Å²) in [4.78, 5) is 46.0. The number of amides is 1. The van der Waals surface area contributed by atoms with Crippen molar-refractivity contribution in [3.05, 3.63) is 63.4 Å². The summed E-state index contributed by atoms with van der Waals surface area (Å²) in [7, 11) is 1.30. The third-order valence-electron chi connectivity index (χ3n) is 5.27. The van der Waals surface area contributed by atoms with Crippen LogP contribution in [0, 0.1) is 6.92 Å². The van der Waals surface area contributed by atoms with Crippen molar-refractivity contribution in [1.82, 2.24) is 9.97 Å². The molecule has 0 bridgehead atoms. The first kappa shape index (κ1) is 24.2. The molecule has 0 aliphatic heterocycles. The van der Waals surface area contributed by atoms with E-state index in [1.165, 1.54) is 35.8 Å². The van der Waals surface area contributed by atoms with Crippen molar-refractivity contribution in [3.8, 4) is 0 Å². The molecular formula is C24H27N3O5S. The van der Waals surface area contributed by atoms with Gasteiger partial charge in [0.05, 0.1) is 24.1 Å². The molecular weight excluding hydrogens is 442 g/mol. The number of thiazole rings is 1. The molecule has 2 aromatic heterocycles. The molecule has 9 heteroatoms. The highest BCUT2D eigenvalue weighted by molar-refractivity contribution is 7.14. The summed E-state index contributed by atoms with van der Waals surface area (Å²) >= 11 is 1.29. The fourth-order valence-electron chi connectivity index (χ4n) is 3.49. The third kappa shape index (κ3) is 5.14. The summed E-state index contributed by atoms with van der Waals surface area (Å²) in [5, 5.41) is 2.24. The molecule has 1 aromatic carbocycles. The number of rotatable bonds is 8. The molecule has 3 aromatic rings. The molecule has 0 fully saturated rings. The normalized spacial score (nSPS) is 10.7.